The number of nitrogens with zero attached hydrogens (tertiary/aromatic N) is 1. The van der Waals surface area contributed by atoms with Crippen molar-refractivity contribution < 1.29 is 19.2 Å². The molecule has 3 aromatic rings. The molecule has 0 unspecified atom stereocenters. The normalized spacial score (nSPS) is 11.4. The zero-order valence-electron chi connectivity index (χ0n) is 21.6. The number of carbonyl (C=O) groups is 2. The Kier molecular flexibility index (Phi) is 8.37. The highest BCUT2D eigenvalue weighted by molar-refractivity contribution is 6.01. The second-order valence-electron chi connectivity index (χ2n) is 9.87. The monoisotopic (exact) mass is 494 g/mol. The number of carbonyl (C=O) groups excluding carboxylic acids is 2. The highest BCUT2D eigenvalue weighted by Gasteiger charge is 2.22. The zero-order chi connectivity index (χ0) is 26.5. The lowest BCUT2D eigenvalue weighted by atomic mass is 9.95. The van der Waals surface area contributed by atoms with Gasteiger partial charge in [-0.05, 0) is 55.8 Å². The summed E-state index contributed by atoms with van der Waals surface area (Å²) >= 11 is 0. The van der Waals surface area contributed by atoms with E-state index in [2.05, 4.69) is 21.0 Å². The van der Waals surface area contributed by atoms with Gasteiger partial charge in [-0.25, -0.2) is 15.1 Å². The van der Waals surface area contributed by atoms with E-state index in [4.69, 9.17) is 4.74 Å². The Hall–Kier alpha value is -3.85. The standard InChI is InChI=1S/C27H34N4O5/c1-17(2)16-31-22(15-28-26(34)36-27(3,4)5)23(18-10-8-7-9-11-18)21-14-19(29-25(33)30-35-6)12-13-20(21)24(31)32/h7-14,17H,15-16H2,1-6H3,(H,28,34)(H2,29,30,33). The summed E-state index contributed by atoms with van der Waals surface area (Å²) in [6.07, 6.45) is -0.572. The third-order valence-electron chi connectivity index (χ3n) is 5.24. The van der Waals surface area contributed by atoms with E-state index in [1.165, 1.54) is 7.11 Å². The van der Waals surface area contributed by atoms with Gasteiger partial charge in [0.15, 0.2) is 0 Å². The number of aromatic nitrogens is 1. The van der Waals surface area contributed by atoms with Crippen LogP contribution in [0.5, 0.6) is 0 Å². The number of ether oxygens (including phenoxy) is 1. The average molecular weight is 495 g/mol. The molecule has 0 fully saturated rings. The first kappa shape index (κ1) is 26.7. The summed E-state index contributed by atoms with van der Waals surface area (Å²) in [7, 11) is 1.34. The molecule has 192 valence electrons. The number of rotatable bonds is 7. The van der Waals surface area contributed by atoms with Gasteiger partial charge >= 0.3 is 12.1 Å². The van der Waals surface area contributed by atoms with Crippen molar-refractivity contribution in [3.05, 3.63) is 64.6 Å². The molecule has 0 aliphatic rings. The zero-order valence-corrected chi connectivity index (χ0v) is 21.6. The van der Waals surface area contributed by atoms with Crippen molar-refractivity contribution in [2.45, 2.75) is 53.3 Å². The highest BCUT2D eigenvalue weighted by Crippen LogP contribution is 2.33. The van der Waals surface area contributed by atoms with Gasteiger partial charge < -0.3 is 19.9 Å². The van der Waals surface area contributed by atoms with Crippen molar-refractivity contribution in [3.8, 4) is 11.1 Å². The number of urea groups is 1. The highest BCUT2D eigenvalue weighted by atomic mass is 16.6. The molecular formula is C27H34N4O5. The molecule has 36 heavy (non-hydrogen) atoms. The SMILES string of the molecule is CONC(=O)Nc1ccc2c(=O)n(CC(C)C)c(CNC(=O)OC(C)(C)C)c(-c3ccccc3)c2c1. The Morgan fingerprint density at radius 2 is 1.72 bits per heavy atom. The summed E-state index contributed by atoms with van der Waals surface area (Å²) in [5, 5.41) is 6.68. The molecule has 0 saturated carbocycles. The predicted molar refractivity (Wildman–Crippen MR) is 141 cm³/mol. The molecule has 1 aromatic heterocycles. The van der Waals surface area contributed by atoms with Crippen LogP contribution in [0.25, 0.3) is 21.9 Å². The van der Waals surface area contributed by atoms with Crippen LogP contribution in [0.4, 0.5) is 15.3 Å². The molecule has 3 N–H and O–H groups in total. The number of anilines is 1. The number of benzene rings is 2. The molecule has 3 amide bonds. The third-order valence-corrected chi connectivity index (χ3v) is 5.24. The van der Waals surface area contributed by atoms with Crippen molar-refractivity contribution in [2.24, 2.45) is 5.92 Å². The molecule has 9 nitrogen and oxygen atoms in total. The lowest BCUT2D eigenvalue weighted by Gasteiger charge is -2.23. The Labute approximate surface area is 210 Å². The van der Waals surface area contributed by atoms with Gasteiger partial charge in [0, 0.05) is 28.9 Å². The number of amides is 3. The lowest BCUT2D eigenvalue weighted by molar-refractivity contribution is 0.0522. The van der Waals surface area contributed by atoms with E-state index in [9.17, 15) is 14.4 Å². The summed E-state index contributed by atoms with van der Waals surface area (Å²) in [5.74, 6) is 0.183. The summed E-state index contributed by atoms with van der Waals surface area (Å²) in [5.41, 5.74) is 4.19. The molecule has 1 heterocycles. The first-order chi connectivity index (χ1) is 17.0. The predicted octanol–water partition coefficient (Wildman–Crippen LogP) is 5.03. The quantitative estimate of drug-likeness (QED) is 0.399. The van der Waals surface area contributed by atoms with Gasteiger partial charge in [0.25, 0.3) is 5.56 Å². The van der Waals surface area contributed by atoms with Gasteiger partial charge in [-0.15, -0.1) is 0 Å². The minimum absolute atomic E-state index is 0.0822. The van der Waals surface area contributed by atoms with Crippen molar-refractivity contribution >= 4 is 28.6 Å². The molecule has 0 spiro atoms. The van der Waals surface area contributed by atoms with Crippen LogP contribution in [0.15, 0.2) is 53.3 Å². The lowest BCUT2D eigenvalue weighted by Crippen LogP contribution is -2.35. The molecule has 0 aliphatic carbocycles. The first-order valence-corrected chi connectivity index (χ1v) is 11.8. The molecule has 0 aliphatic heterocycles. The molecule has 0 radical (unpaired) electrons. The fourth-order valence-electron chi connectivity index (χ4n) is 3.96. The van der Waals surface area contributed by atoms with Crippen molar-refractivity contribution in [1.29, 1.82) is 0 Å². The van der Waals surface area contributed by atoms with Gasteiger partial charge in [-0.3, -0.25) is 9.63 Å². The summed E-state index contributed by atoms with van der Waals surface area (Å²) in [6.45, 7) is 9.99. The topological polar surface area (TPSA) is 111 Å². The van der Waals surface area contributed by atoms with E-state index in [0.29, 0.717) is 28.7 Å². The van der Waals surface area contributed by atoms with E-state index < -0.39 is 17.7 Å². The van der Waals surface area contributed by atoms with Crippen LogP contribution in [-0.2, 0) is 22.7 Å². The maximum absolute atomic E-state index is 13.7. The Balaban J connectivity index is 2.25. The second kappa shape index (κ2) is 11.3. The van der Waals surface area contributed by atoms with Gasteiger partial charge in [0.1, 0.15) is 5.60 Å². The number of alkyl carbamates (subject to hydrolysis) is 1. The van der Waals surface area contributed by atoms with Crippen LogP contribution >= 0.6 is 0 Å². The first-order valence-electron chi connectivity index (χ1n) is 11.8. The molecule has 0 atom stereocenters. The molecular weight excluding hydrogens is 460 g/mol. The minimum Gasteiger partial charge on any atom is -0.444 e. The molecule has 0 bridgehead atoms. The fourth-order valence-corrected chi connectivity index (χ4v) is 3.96. The van der Waals surface area contributed by atoms with E-state index >= 15 is 0 Å². The van der Waals surface area contributed by atoms with E-state index in [0.717, 1.165) is 11.1 Å². The Bertz CT molecular complexity index is 1290. The van der Waals surface area contributed by atoms with Gasteiger partial charge in [-0.2, -0.15) is 0 Å². The maximum Gasteiger partial charge on any atom is 0.407 e. The smallest absolute Gasteiger partial charge is 0.407 e. The molecule has 3 rings (SSSR count). The van der Waals surface area contributed by atoms with Gasteiger partial charge in [0.05, 0.1) is 13.7 Å². The van der Waals surface area contributed by atoms with Crippen LogP contribution in [0, 0.1) is 5.92 Å². The fraction of sp³-hybridized carbons (Fsp3) is 0.370. The van der Waals surface area contributed by atoms with Crippen molar-refractivity contribution in [3.63, 3.8) is 0 Å². The summed E-state index contributed by atoms with van der Waals surface area (Å²) < 4.78 is 7.15. The number of hydrogen-bond acceptors (Lipinski definition) is 5. The summed E-state index contributed by atoms with van der Waals surface area (Å²) in [6, 6.07) is 14.2. The molecule has 0 saturated heterocycles. The van der Waals surface area contributed by atoms with Crippen LogP contribution in [0.2, 0.25) is 0 Å². The van der Waals surface area contributed by atoms with E-state index in [1.54, 1.807) is 43.5 Å². The Morgan fingerprint density at radius 3 is 2.33 bits per heavy atom. The van der Waals surface area contributed by atoms with Gasteiger partial charge in [-0.1, -0.05) is 44.2 Å². The second-order valence-corrected chi connectivity index (χ2v) is 9.87. The van der Waals surface area contributed by atoms with Crippen LogP contribution in [0.1, 0.15) is 40.3 Å². The van der Waals surface area contributed by atoms with Crippen LogP contribution in [0.3, 0.4) is 0 Å². The number of fused-ring (bicyclic) bond motifs is 1. The molecule has 9 heteroatoms. The number of nitrogens with one attached hydrogen (secondary N) is 3. The molecule has 2 aromatic carbocycles. The number of hydrogen-bond donors (Lipinski definition) is 3. The van der Waals surface area contributed by atoms with Gasteiger partial charge in [0.2, 0.25) is 0 Å². The Morgan fingerprint density at radius 1 is 1.03 bits per heavy atom. The maximum atomic E-state index is 13.7. The van der Waals surface area contributed by atoms with E-state index in [-0.39, 0.29) is 18.0 Å². The average Bonchev–Trinajstić information content (AvgIpc) is 2.79. The minimum atomic E-state index is -0.656. The van der Waals surface area contributed by atoms with Crippen LogP contribution < -0.4 is 21.7 Å². The van der Waals surface area contributed by atoms with Crippen molar-refractivity contribution in [1.82, 2.24) is 15.4 Å². The largest absolute Gasteiger partial charge is 0.444 e. The number of hydroxylamine groups is 1. The third kappa shape index (κ3) is 6.63. The number of pyridine rings is 1. The van der Waals surface area contributed by atoms with Crippen LogP contribution in [-0.4, -0.2) is 29.4 Å². The van der Waals surface area contributed by atoms with Crippen molar-refractivity contribution in [2.75, 3.05) is 12.4 Å². The van der Waals surface area contributed by atoms with E-state index in [1.807, 2.05) is 44.2 Å². The summed E-state index contributed by atoms with van der Waals surface area (Å²) in [4.78, 5) is 42.9.